The predicted molar refractivity (Wildman–Crippen MR) is 119 cm³/mol. The van der Waals surface area contributed by atoms with Gasteiger partial charge in [0, 0.05) is 31.2 Å². The van der Waals surface area contributed by atoms with Crippen LogP contribution in [0.3, 0.4) is 0 Å². The largest absolute Gasteiger partial charge is 0.460 e. The van der Waals surface area contributed by atoms with Gasteiger partial charge in [0.05, 0.1) is 17.4 Å². The highest BCUT2D eigenvalue weighted by Crippen LogP contribution is 2.29. The molecule has 0 aliphatic carbocycles. The SMILES string of the molecule is CN1CCN(C(=O)C(C)(C)Oc2nn(Cc3cccc(Cl)c3)c3ccccc23)CC1. The summed E-state index contributed by atoms with van der Waals surface area (Å²) in [5.74, 6) is 0.462. The zero-order chi connectivity index (χ0) is 21.3. The molecule has 1 fully saturated rings. The number of ether oxygens (including phenoxy) is 1. The topological polar surface area (TPSA) is 50.6 Å². The van der Waals surface area contributed by atoms with Crippen LogP contribution in [0.25, 0.3) is 10.9 Å². The minimum Gasteiger partial charge on any atom is -0.460 e. The maximum Gasteiger partial charge on any atom is 0.266 e. The summed E-state index contributed by atoms with van der Waals surface area (Å²) in [6.07, 6.45) is 0. The Morgan fingerprint density at radius 1 is 1.10 bits per heavy atom. The Kier molecular flexibility index (Phi) is 5.71. The first kappa shape index (κ1) is 20.7. The first-order chi connectivity index (χ1) is 14.3. The standard InChI is InChI=1S/C23H27ClN4O2/c1-23(2,22(29)27-13-11-26(3)12-14-27)30-21-19-9-4-5-10-20(19)28(25-21)16-17-7-6-8-18(24)15-17/h4-10,15H,11-14,16H2,1-3H3. The number of likely N-dealkylation sites (N-methyl/N-ethyl adjacent to an activating group) is 1. The minimum atomic E-state index is -1.01. The van der Waals surface area contributed by atoms with Crippen molar-refractivity contribution in [2.75, 3.05) is 33.2 Å². The molecule has 1 saturated heterocycles. The van der Waals surface area contributed by atoms with Gasteiger partial charge in [-0.3, -0.25) is 9.48 Å². The quantitative estimate of drug-likeness (QED) is 0.624. The monoisotopic (exact) mass is 426 g/mol. The van der Waals surface area contributed by atoms with Crippen LogP contribution >= 0.6 is 11.6 Å². The van der Waals surface area contributed by atoms with E-state index in [0.29, 0.717) is 30.5 Å². The molecule has 4 rings (SSSR count). The Hall–Kier alpha value is -2.57. The third kappa shape index (κ3) is 4.30. The molecular weight excluding hydrogens is 400 g/mol. The smallest absolute Gasteiger partial charge is 0.266 e. The summed E-state index contributed by atoms with van der Waals surface area (Å²) in [5.41, 5.74) is 0.999. The molecule has 1 amide bonds. The highest BCUT2D eigenvalue weighted by atomic mass is 35.5. The molecular formula is C23H27ClN4O2. The molecule has 0 atom stereocenters. The van der Waals surface area contributed by atoms with E-state index in [0.717, 1.165) is 29.6 Å². The van der Waals surface area contributed by atoms with Crippen molar-refractivity contribution in [3.63, 3.8) is 0 Å². The van der Waals surface area contributed by atoms with E-state index in [1.165, 1.54) is 0 Å². The second kappa shape index (κ2) is 8.28. The van der Waals surface area contributed by atoms with E-state index in [1.54, 1.807) is 0 Å². The van der Waals surface area contributed by atoms with Gasteiger partial charge in [-0.05, 0) is 50.7 Å². The average Bonchev–Trinajstić information content (AvgIpc) is 3.05. The number of benzene rings is 2. The second-order valence-corrected chi connectivity index (χ2v) is 8.75. The van der Waals surface area contributed by atoms with E-state index < -0.39 is 5.60 Å². The Bertz CT molecular complexity index is 1050. The van der Waals surface area contributed by atoms with Crippen molar-refractivity contribution in [2.45, 2.75) is 26.0 Å². The number of hydrogen-bond donors (Lipinski definition) is 0. The van der Waals surface area contributed by atoms with Crippen LogP contribution in [0.1, 0.15) is 19.4 Å². The number of amides is 1. The van der Waals surface area contributed by atoms with Crippen molar-refractivity contribution in [2.24, 2.45) is 0 Å². The average molecular weight is 427 g/mol. The number of hydrogen-bond acceptors (Lipinski definition) is 4. The Morgan fingerprint density at radius 3 is 2.57 bits per heavy atom. The molecule has 2 heterocycles. The van der Waals surface area contributed by atoms with Gasteiger partial charge in [0.2, 0.25) is 5.88 Å². The van der Waals surface area contributed by atoms with Gasteiger partial charge >= 0.3 is 0 Å². The first-order valence-electron chi connectivity index (χ1n) is 10.2. The van der Waals surface area contributed by atoms with E-state index in [4.69, 9.17) is 21.4 Å². The van der Waals surface area contributed by atoms with Gasteiger partial charge in [-0.25, -0.2) is 0 Å². The van der Waals surface area contributed by atoms with Crippen LogP contribution in [0.15, 0.2) is 48.5 Å². The molecule has 0 radical (unpaired) electrons. The van der Waals surface area contributed by atoms with Crippen LogP contribution in [-0.4, -0.2) is 64.3 Å². The summed E-state index contributed by atoms with van der Waals surface area (Å²) < 4.78 is 8.13. The first-order valence-corrected chi connectivity index (χ1v) is 10.6. The fraction of sp³-hybridized carbons (Fsp3) is 0.391. The highest BCUT2D eigenvalue weighted by molar-refractivity contribution is 6.30. The molecule has 0 N–H and O–H groups in total. The van der Waals surface area contributed by atoms with E-state index in [9.17, 15) is 4.79 Å². The Labute approximate surface area is 182 Å². The number of aromatic nitrogens is 2. The van der Waals surface area contributed by atoms with Crippen molar-refractivity contribution in [3.05, 3.63) is 59.1 Å². The summed E-state index contributed by atoms with van der Waals surface area (Å²) in [5, 5.41) is 6.29. The number of fused-ring (bicyclic) bond motifs is 1. The molecule has 1 aliphatic rings. The van der Waals surface area contributed by atoms with Crippen LogP contribution < -0.4 is 4.74 Å². The number of rotatable bonds is 5. The minimum absolute atomic E-state index is 0.0101. The predicted octanol–water partition coefficient (Wildman–Crippen LogP) is 3.67. The van der Waals surface area contributed by atoms with Gasteiger partial charge in [-0.2, -0.15) is 0 Å². The van der Waals surface area contributed by atoms with Gasteiger partial charge in [0.1, 0.15) is 0 Å². The highest BCUT2D eigenvalue weighted by Gasteiger charge is 2.36. The van der Waals surface area contributed by atoms with Crippen LogP contribution in [0.4, 0.5) is 0 Å². The zero-order valence-electron chi connectivity index (χ0n) is 17.6. The molecule has 6 nitrogen and oxygen atoms in total. The van der Waals surface area contributed by atoms with Crippen LogP contribution in [-0.2, 0) is 11.3 Å². The summed E-state index contributed by atoms with van der Waals surface area (Å²) in [6.45, 7) is 7.38. The van der Waals surface area contributed by atoms with Crippen molar-refractivity contribution < 1.29 is 9.53 Å². The van der Waals surface area contributed by atoms with Crippen molar-refractivity contribution in [1.82, 2.24) is 19.6 Å². The number of carbonyl (C=O) groups is 1. The Morgan fingerprint density at radius 2 is 1.83 bits per heavy atom. The lowest BCUT2D eigenvalue weighted by Crippen LogP contribution is -2.55. The second-order valence-electron chi connectivity index (χ2n) is 8.32. The van der Waals surface area contributed by atoms with E-state index in [-0.39, 0.29) is 5.91 Å². The van der Waals surface area contributed by atoms with Gasteiger partial charge in [0.25, 0.3) is 5.91 Å². The maximum atomic E-state index is 13.1. The molecule has 0 unspecified atom stereocenters. The normalized spacial score (nSPS) is 15.5. The Balaban J connectivity index is 1.60. The fourth-order valence-corrected chi connectivity index (χ4v) is 3.99. The lowest BCUT2D eigenvalue weighted by Gasteiger charge is -2.37. The number of para-hydroxylation sites is 1. The fourth-order valence-electron chi connectivity index (χ4n) is 3.78. The molecule has 1 aromatic heterocycles. The van der Waals surface area contributed by atoms with Gasteiger partial charge in [-0.1, -0.05) is 35.9 Å². The molecule has 30 heavy (non-hydrogen) atoms. The molecule has 0 spiro atoms. The molecule has 0 bridgehead atoms. The third-order valence-corrected chi connectivity index (χ3v) is 5.74. The van der Waals surface area contributed by atoms with Crippen LogP contribution in [0.2, 0.25) is 5.02 Å². The van der Waals surface area contributed by atoms with E-state index in [2.05, 4.69) is 11.9 Å². The molecule has 0 saturated carbocycles. The molecule has 158 valence electrons. The van der Waals surface area contributed by atoms with Crippen molar-refractivity contribution >= 4 is 28.4 Å². The maximum absolute atomic E-state index is 13.1. The van der Waals surface area contributed by atoms with E-state index >= 15 is 0 Å². The van der Waals surface area contributed by atoms with E-state index in [1.807, 2.05) is 72.0 Å². The number of piperazine rings is 1. The summed E-state index contributed by atoms with van der Waals surface area (Å²) in [6, 6.07) is 15.6. The molecule has 2 aromatic carbocycles. The molecule has 7 heteroatoms. The number of nitrogens with zero attached hydrogens (tertiary/aromatic N) is 4. The lowest BCUT2D eigenvalue weighted by molar-refractivity contribution is -0.147. The van der Waals surface area contributed by atoms with Gasteiger partial charge < -0.3 is 14.5 Å². The summed E-state index contributed by atoms with van der Waals surface area (Å²) >= 11 is 6.14. The van der Waals surface area contributed by atoms with Crippen molar-refractivity contribution in [3.8, 4) is 5.88 Å². The third-order valence-electron chi connectivity index (χ3n) is 5.50. The van der Waals surface area contributed by atoms with Crippen molar-refractivity contribution in [1.29, 1.82) is 0 Å². The molecule has 1 aliphatic heterocycles. The molecule has 3 aromatic rings. The number of halogens is 1. The van der Waals surface area contributed by atoms with Gasteiger partial charge in [-0.15, -0.1) is 5.10 Å². The summed E-state index contributed by atoms with van der Waals surface area (Å²) in [7, 11) is 2.07. The summed E-state index contributed by atoms with van der Waals surface area (Å²) in [4.78, 5) is 17.2. The van der Waals surface area contributed by atoms with Crippen LogP contribution in [0.5, 0.6) is 5.88 Å². The number of carbonyl (C=O) groups excluding carboxylic acids is 1. The zero-order valence-corrected chi connectivity index (χ0v) is 18.4. The van der Waals surface area contributed by atoms with Crippen LogP contribution in [0, 0.1) is 0 Å². The lowest BCUT2D eigenvalue weighted by atomic mass is 10.1. The van der Waals surface area contributed by atoms with Gasteiger partial charge in [0.15, 0.2) is 5.60 Å².